The minimum atomic E-state index is -0.732. The first-order chi connectivity index (χ1) is 6.09. The summed E-state index contributed by atoms with van der Waals surface area (Å²) in [5, 5.41) is 9.96. The average Bonchev–Trinajstić information content (AvgIpc) is 2.51. The van der Waals surface area contributed by atoms with Crippen LogP contribution in [0.3, 0.4) is 0 Å². The lowest BCUT2D eigenvalue weighted by atomic mass is 9.96. The maximum absolute atomic E-state index is 9.96. The van der Waals surface area contributed by atoms with Gasteiger partial charge in [-0.2, -0.15) is 0 Å². The van der Waals surface area contributed by atoms with Crippen LogP contribution >= 0.6 is 27.3 Å². The van der Waals surface area contributed by atoms with Gasteiger partial charge in [-0.15, -0.1) is 11.3 Å². The van der Waals surface area contributed by atoms with Crippen LogP contribution in [0.1, 0.15) is 18.2 Å². The molecule has 0 radical (unpaired) electrons. The van der Waals surface area contributed by atoms with Crippen LogP contribution in [0.2, 0.25) is 0 Å². The smallest absolute Gasteiger partial charge is 0.0814 e. The van der Waals surface area contributed by atoms with E-state index < -0.39 is 5.60 Å². The molecule has 0 aliphatic rings. The summed E-state index contributed by atoms with van der Waals surface area (Å²) in [7, 11) is 0. The van der Waals surface area contributed by atoms with E-state index in [0.717, 1.165) is 3.79 Å². The van der Waals surface area contributed by atoms with Gasteiger partial charge >= 0.3 is 0 Å². The minimum absolute atomic E-state index is 0.318. The Morgan fingerprint density at radius 3 is 2.69 bits per heavy atom. The third-order valence-corrected chi connectivity index (χ3v) is 3.79. The molecular formula is C9H14BrNOS. The molecular weight excluding hydrogens is 250 g/mol. The van der Waals surface area contributed by atoms with Crippen LogP contribution < -0.4 is 5.73 Å². The van der Waals surface area contributed by atoms with Gasteiger partial charge in [0.05, 0.1) is 9.39 Å². The van der Waals surface area contributed by atoms with Crippen molar-refractivity contribution >= 4 is 27.3 Å². The second-order valence-electron chi connectivity index (χ2n) is 3.16. The van der Waals surface area contributed by atoms with E-state index in [9.17, 15) is 5.11 Å². The van der Waals surface area contributed by atoms with E-state index in [1.54, 1.807) is 11.3 Å². The van der Waals surface area contributed by atoms with Gasteiger partial charge in [0.2, 0.25) is 0 Å². The van der Waals surface area contributed by atoms with E-state index in [4.69, 9.17) is 5.73 Å². The number of hydrogen-bond acceptors (Lipinski definition) is 3. The molecule has 0 aliphatic heterocycles. The van der Waals surface area contributed by atoms with Crippen molar-refractivity contribution in [1.29, 1.82) is 0 Å². The molecule has 0 amide bonds. The number of halogens is 1. The standard InChI is InChI=1S/C9H14BrNOS/c1-2-9(12,6-11)5-7-3-4-8(10)13-7/h3-4,12H,2,5-6,11H2,1H3. The van der Waals surface area contributed by atoms with Crippen molar-refractivity contribution in [2.75, 3.05) is 6.54 Å². The maximum atomic E-state index is 9.96. The lowest BCUT2D eigenvalue weighted by molar-refractivity contribution is 0.0464. The number of aliphatic hydroxyl groups is 1. The minimum Gasteiger partial charge on any atom is -0.388 e. The molecule has 13 heavy (non-hydrogen) atoms. The Morgan fingerprint density at radius 1 is 1.62 bits per heavy atom. The SMILES string of the molecule is CCC(O)(CN)Cc1ccc(Br)s1. The van der Waals surface area contributed by atoms with Gasteiger partial charge < -0.3 is 10.8 Å². The second kappa shape index (κ2) is 4.55. The normalized spacial score (nSPS) is 15.7. The summed E-state index contributed by atoms with van der Waals surface area (Å²) in [5.74, 6) is 0. The van der Waals surface area contributed by atoms with E-state index in [1.165, 1.54) is 4.88 Å². The highest BCUT2D eigenvalue weighted by molar-refractivity contribution is 9.11. The van der Waals surface area contributed by atoms with Crippen molar-refractivity contribution in [3.05, 3.63) is 20.8 Å². The van der Waals surface area contributed by atoms with Gasteiger partial charge in [0.15, 0.2) is 0 Å². The van der Waals surface area contributed by atoms with Crippen LogP contribution in [0.25, 0.3) is 0 Å². The summed E-state index contributed by atoms with van der Waals surface area (Å²) < 4.78 is 1.10. The molecule has 3 N–H and O–H groups in total. The molecule has 0 aromatic carbocycles. The molecule has 0 bridgehead atoms. The molecule has 1 rings (SSSR count). The predicted molar refractivity (Wildman–Crippen MR) is 60.0 cm³/mol. The van der Waals surface area contributed by atoms with Gasteiger partial charge in [0.1, 0.15) is 0 Å². The average molecular weight is 264 g/mol. The van der Waals surface area contributed by atoms with Crippen LogP contribution in [0.5, 0.6) is 0 Å². The fourth-order valence-electron chi connectivity index (χ4n) is 1.11. The summed E-state index contributed by atoms with van der Waals surface area (Å²) in [5.41, 5.74) is 4.78. The van der Waals surface area contributed by atoms with Crippen molar-refractivity contribution in [1.82, 2.24) is 0 Å². The van der Waals surface area contributed by atoms with Crippen molar-refractivity contribution < 1.29 is 5.11 Å². The van der Waals surface area contributed by atoms with Gasteiger partial charge in [-0.25, -0.2) is 0 Å². The van der Waals surface area contributed by atoms with E-state index >= 15 is 0 Å². The molecule has 0 saturated heterocycles. The molecule has 1 aromatic rings. The molecule has 0 fully saturated rings. The largest absolute Gasteiger partial charge is 0.388 e. The Balaban J connectivity index is 2.67. The Morgan fingerprint density at radius 2 is 2.31 bits per heavy atom. The quantitative estimate of drug-likeness (QED) is 0.875. The van der Waals surface area contributed by atoms with Crippen molar-refractivity contribution in [3.63, 3.8) is 0 Å². The fourth-order valence-corrected chi connectivity index (χ4v) is 2.73. The molecule has 0 aliphatic carbocycles. The summed E-state index contributed by atoms with van der Waals surface area (Å²) in [6.45, 7) is 2.27. The molecule has 1 heterocycles. The highest BCUT2D eigenvalue weighted by Crippen LogP contribution is 2.26. The van der Waals surface area contributed by atoms with Crippen molar-refractivity contribution in [2.45, 2.75) is 25.4 Å². The third-order valence-electron chi connectivity index (χ3n) is 2.17. The Labute approximate surface area is 90.9 Å². The van der Waals surface area contributed by atoms with Crippen LogP contribution in [0.4, 0.5) is 0 Å². The topological polar surface area (TPSA) is 46.2 Å². The van der Waals surface area contributed by atoms with Gasteiger partial charge in [0, 0.05) is 17.8 Å². The fraction of sp³-hybridized carbons (Fsp3) is 0.556. The number of hydrogen-bond donors (Lipinski definition) is 2. The predicted octanol–water partition coefficient (Wildman–Crippen LogP) is 2.15. The van der Waals surface area contributed by atoms with E-state index in [1.807, 2.05) is 19.1 Å². The number of thiophene rings is 1. The highest BCUT2D eigenvalue weighted by atomic mass is 79.9. The Bertz CT molecular complexity index is 270. The van der Waals surface area contributed by atoms with E-state index in [-0.39, 0.29) is 0 Å². The molecule has 2 nitrogen and oxygen atoms in total. The first-order valence-electron chi connectivity index (χ1n) is 4.26. The Hall–Kier alpha value is 0.1000. The third kappa shape index (κ3) is 3.06. The second-order valence-corrected chi connectivity index (χ2v) is 5.71. The van der Waals surface area contributed by atoms with E-state index in [2.05, 4.69) is 15.9 Å². The summed E-state index contributed by atoms with van der Waals surface area (Å²) in [6, 6.07) is 4.01. The first-order valence-corrected chi connectivity index (χ1v) is 5.87. The first kappa shape index (κ1) is 11.2. The highest BCUT2D eigenvalue weighted by Gasteiger charge is 2.23. The van der Waals surface area contributed by atoms with Crippen LogP contribution in [-0.4, -0.2) is 17.3 Å². The lowest BCUT2D eigenvalue weighted by Crippen LogP contribution is -2.38. The van der Waals surface area contributed by atoms with Crippen molar-refractivity contribution in [3.8, 4) is 0 Å². The zero-order valence-electron chi connectivity index (χ0n) is 7.59. The molecule has 0 spiro atoms. The van der Waals surface area contributed by atoms with Crippen LogP contribution in [-0.2, 0) is 6.42 Å². The zero-order valence-corrected chi connectivity index (χ0v) is 9.99. The molecule has 74 valence electrons. The van der Waals surface area contributed by atoms with Gasteiger partial charge in [0.25, 0.3) is 0 Å². The van der Waals surface area contributed by atoms with E-state index in [0.29, 0.717) is 19.4 Å². The summed E-state index contributed by atoms with van der Waals surface area (Å²) >= 11 is 5.04. The summed E-state index contributed by atoms with van der Waals surface area (Å²) in [4.78, 5) is 1.17. The maximum Gasteiger partial charge on any atom is 0.0814 e. The van der Waals surface area contributed by atoms with Crippen LogP contribution in [0.15, 0.2) is 15.9 Å². The Kier molecular flexibility index (Phi) is 3.91. The molecule has 4 heteroatoms. The molecule has 1 atom stereocenters. The number of nitrogens with two attached hydrogens (primary N) is 1. The molecule has 1 unspecified atom stereocenters. The van der Waals surface area contributed by atoms with Crippen LogP contribution in [0, 0.1) is 0 Å². The van der Waals surface area contributed by atoms with Crippen molar-refractivity contribution in [2.24, 2.45) is 5.73 Å². The molecule has 1 aromatic heterocycles. The van der Waals surface area contributed by atoms with Gasteiger partial charge in [-0.1, -0.05) is 6.92 Å². The number of rotatable bonds is 4. The zero-order chi connectivity index (χ0) is 9.90. The molecule has 0 saturated carbocycles. The van der Waals surface area contributed by atoms with Gasteiger partial charge in [-0.05, 0) is 34.5 Å². The summed E-state index contributed by atoms with van der Waals surface area (Å²) in [6.07, 6.45) is 1.34. The lowest BCUT2D eigenvalue weighted by Gasteiger charge is -2.23. The monoisotopic (exact) mass is 263 g/mol. The van der Waals surface area contributed by atoms with Gasteiger partial charge in [-0.3, -0.25) is 0 Å².